The lowest BCUT2D eigenvalue weighted by Crippen LogP contribution is -2.24. The number of Topliss-reactive ketones (excluding diaryl/α,β-unsaturated/α-hetero) is 1. The molecule has 0 spiro atoms. The number of hydrogen-bond acceptors (Lipinski definition) is 2. The zero-order valence-electron chi connectivity index (χ0n) is 6.81. The fourth-order valence-corrected chi connectivity index (χ4v) is 0.821. The highest BCUT2D eigenvalue weighted by Gasteiger charge is 2.38. The summed E-state index contributed by atoms with van der Waals surface area (Å²) in [4.78, 5) is 13.8. The third-order valence-corrected chi connectivity index (χ3v) is 1.52. The van der Waals surface area contributed by atoms with Crippen LogP contribution in [-0.4, -0.2) is 16.9 Å². The highest BCUT2D eigenvalue weighted by Crippen LogP contribution is 2.19. The van der Waals surface area contributed by atoms with Crippen LogP contribution in [-0.2, 0) is 11.2 Å². The zero-order chi connectivity index (χ0) is 10.8. The minimum Gasteiger partial charge on any atom is -0.289 e. The Kier molecular flexibility index (Phi) is 2.83. The minimum absolute atomic E-state index is 0.303. The van der Waals surface area contributed by atoms with Crippen molar-refractivity contribution in [3.63, 3.8) is 0 Å². The molecule has 0 aliphatic rings. The molecule has 0 N–H and O–H groups in total. The third kappa shape index (κ3) is 2.51. The van der Waals surface area contributed by atoms with Gasteiger partial charge in [0, 0.05) is 12.6 Å². The van der Waals surface area contributed by atoms with Gasteiger partial charge in [-0.15, -0.1) is 0 Å². The van der Waals surface area contributed by atoms with Crippen molar-refractivity contribution in [3.8, 4) is 0 Å². The molecular weight excluding hydrogens is 202 g/mol. The molecule has 0 aliphatic carbocycles. The number of carbonyl (C=O) groups excluding carboxylic acids is 1. The molecule has 0 aliphatic heterocycles. The predicted molar refractivity (Wildman–Crippen MR) is 39.0 cm³/mol. The quantitative estimate of drug-likeness (QED) is 0.693. The van der Waals surface area contributed by atoms with Crippen molar-refractivity contribution in [1.29, 1.82) is 0 Å². The highest BCUT2D eigenvalue weighted by atomic mass is 19.4. The molecule has 6 heteroatoms. The second-order valence-electron chi connectivity index (χ2n) is 2.56. The van der Waals surface area contributed by atoms with E-state index in [1.165, 1.54) is 0 Å². The van der Waals surface area contributed by atoms with E-state index in [0.717, 1.165) is 18.5 Å². The van der Waals surface area contributed by atoms with E-state index in [9.17, 15) is 22.4 Å². The van der Waals surface area contributed by atoms with Crippen LogP contribution in [0.4, 0.5) is 17.6 Å². The maximum absolute atomic E-state index is 12.8. The monoisotopic (exact) mass is 207 g/mol. The van der Waals surface area contributed by atoms with Crippen molar-refractivity contribution >= 4 is 5.78 Å². The first-order valence-corrected chi connectivity index (χ1v) is 3.59. The number of alkyl halides is 3. The molecule has 14 heavy (non-hydrogen) atoms. The number of aromatic nitrogens is 1. The van der Waals surface area contributed by atoms with Gasteiger partial charge in [0.05, 0.1) is 6.20 Å². The summed E-state index contributed by atoms with van der Waals surface area (Å²) in [6.07, 6.45) is -4.02. The molecule has 1 aromatic rings. The van der Waals surface area contributed by atoms with Crippen LogP contribution in [0.25, 0.3) is 0 Å². The van der Waals surface area contributed by atoms with Gasteiger partial charge in [-0.2, -0.15) is 13.2 Å². The molecule has 0 fully saturated rings. The van der Waals surface area contributed by atoms with Crippen LogP contribution in [0.1, 0.15) is 5.56 Å². The van der Waals surface area contributed by atoms with Gasteiger partial charge in [0.15, 0.2) is 0 Å². The second-order valence-corrected chi connectivity index (χ2v) is 2.56. The van der Waals surface area contributed by atoms with Crippen LogP contribution >= 0.6 is 0 Å². The van der Waals surface area contributed by atoms with Gasteiger partial charge in [0.25, 0.3) is 0 Å². The summed E-state index contributed by atoms with van der Waals surface area (Å²) in [6.45, 7) is 0. The van der Waals surface area contributed by atoms with Gasteiger partial charge in [-0.05, 0) is 11.6 Å². The summed E-state index contributed by atoms with van der Waals surface area (Å²) in [7, 11) is 0. The maximum Gasteiger partial charge on any atom is 0.450 e. The Morgan fingerprint density at radius 3 is 2.57 bits per heavy atom. The molecule has 0 unspecified atom stereocenters. The van der Waals surface area contributed by atoms with Gasteiger partial charge in [0.2, 0.25) is 5.78 Å². The number of nitrogens with zero attached hydrogens (tertiary/aromatic N) is 1. The summed E-state index contributed by atoms with van der Waals surface area (Å²) < 4.78 is 48.1. The van der Waals surface area contributed by atoms with E-state index in [0.29, 0.717) is 0 Å². The van der Waals surface area contributed by atoms with Crippen LogP contribution in [0.2, 0.25) is 0 Å². The van der Waals surface area contributed by atoms with Crippen molar-refractivity contribution in [2.24, 2.45) is 0 Å². The predicted octanol–water partition coefficient (Wildman–Crippen LogP) is 1.89. The number of carbonyl (C=O) groups is 1. The van der Waals surface area contributed by atoms with Crippen LogP contribution in [0.15, 0.2) is 18.5 Å². The van der Waals surface area contributed by atoms with Crippen LogP contribution in [0.5, 0.6) is 0 Å². The van der Waals surface area contributed by atoms with Crippen LogP contribution in [0.3, 0.4) is 0 Å². The van der Waals surface area contributed by atoms with E-state index in [2.05, 4.69) is 4.98 Å². The lowest BCUT2D eigenvalue weighted by Gasteiger charge is -2.04. The van der Waals surface area contributed by atoms with Crippen LogP contribution in [0, 0.1) is 5.82 Å². The summed E-state index contributed by atoms with van der Waals surface area (Å²) in [6, 6.07) is 1.04. The maximum atomic E-state index is 12.8. The average Bonchev–Trinajstić information content (AvgIpc) is 2.07. The molecule has 0 radical (unpaired) electrons. The Morgan fingerprint density at radius 2 is 2.07 bits per heavy atom. The van der Waals surface area contributed by atoms with E-state index in [4.69, 9.17) is 0 Å². The number of pyridine rings is 1. The first kappa shape index (κ1) is 10.6. The normalized spacial score (nSPS) is 11.4. The molecule has 76 valence electrons. The Morgan fingerprint density at radius 1 is 1.43 bits per heavy atom. The standard InChI is InChI=1S/C8H5F4NO/c9-6-4-13-2-1-5(6)3-7(14)8(10,11)12/h1-2,4H,3H2. The van der Waals surface area contributed by atoms with Gasteiger partial charge in [-0.3, -0.25) is 9.78 Å². The number of hydrogen-bond donors (Lipinski definition) is 0. The molecule has 0 saturated heterocycles. The topological polar surface area (TPSA) is 30.0 Å². The van der Waals surface area contributed by atoms with Gasteiger partial charge in [-0.1, -0.05) is 0 Å². The Balaban J connectivity index is 2.80. The average molecular weight is 207 g/mol. The lowest BCUT2D eigenvalue weighted by molar-refractivity contribution is -0.170. The Hall–Kier alpha value is -1.46. The SMILES string of the molecule is O=C(Cc1ccncc1F)C(F)(F)F. The molecule has 0 amide bonds. The molecular formula is C8H5F4NO. The molecule has 0 aromatic carbocycles. The summed E-state index contributed by atoms with van der Waals surface area (Å²) in [5.74, 6) is -2.88. The largest absolute Gasteiger partial charge is 0.450 e. The van der Waals surface area contributed by atoms with E-state index in [1.807, 2.05) is 0 Å². The molecule has 0 saturated carbocycles. The molecule has 0 bridgehead atoms. The fraction of sp³-hybridized carbons (Fsp3) is 0.250. The fourth-order valence-electron chi connectivity index (χ4n) is 0.821. The number of halogens is 4. The van der Waals surface area contributed by atoms with Gasteiger partial charge < -0.3 is 0 Å². The number of rotatable bonds is 2. The summed E-state index contributed by atoms with van der Waals surface area (Å²) >= 11 is 0. The zero-order valence-corrected chi connectivity index (χ0v) is 6.81. The lowest BCUT2D eigenvalue weighted by atomic mass is 10.1. The minimum atomic E-state index is -4.92. The summed E-state index contributed by atoms with van der Waals surface area (Å²) in [5, 5.41) is 0. The van der Waals surface area contributed by atoms with Gasteiger partial charge >= 0.3 is 6.18 Å². The van der Waals surface area contributed by atoms with Crippen molar-refractivity contribution < 1.29 is 22.4 Å². The van der Waals surface area contributed by atoms with Crippen molar-refractivity contribution in [2.45, 2.75) is 12.6 Å². The van der Waals surface area contributed by atoms with Crippen molar-refractivity contribution in [2.75, 3.05) is 0 Å². The van der Waals surface area contributed by atoms with Crippen molar-refractivity contribution in [3.05, 3.63) is 29.8 Å². The highest BCUT2D eigenvalue weighted by molar-refractivity contribution is 5.86. The smallest absolute Gasteiger partial charge is 0.289 e. The van der Waals surface area contributed by atoms with E-state index < -0.39 is 24.2 Å². The number of ketones is 1. The van der Waals surface area contributed by atoms with E-state index >= 15 is 0 Å². The third-order valence-electron chi connectivity index (χ3n) is 1.52. The van der Waals surface area contributed by atoms with E-state index in [-0.39, 0.29) is 5.56 Å². The van der Waals surface area contributed by atoms with Gasteiger partial charge in [-0.25, -0.2) is 4.39 Å². The molecule has 0 atom stereocenters. The van der Waals surface area contributed by atoms with Gasteiger partial charge in [0.1, 0.15) is 5.82 Å². The second kappa shape index (κ2) is 3.73. The van der Waals surface area contributed by atoms with Crippen LogP contribution < -0.4 is 0 Å². The Bertz CT molecular complexity index is 347. The summed E-state index contributed by atoms with van der Waals surface area (Å²) in [5.41, 5.74) is -0.303. The molecule has 2 nitrogen and oxygen atoms in total. The van der Waals surface area contributed by atoms with E-state index in [1.54, 1.807) is 0 Å². The first-order chi connectivity index (χ1) is 6.41. The first-order valence-electron chi connectivity index (χ1n) is 3.59. The Labute approximate surface area is 76.6 Å². The molecule has 1 heterocycles. The molecule has 1 aromatic heterocycles. The van der Waals surface area contributed by atoms with Crippen molar-refractivity contribution in [1.82, 2.24) is 4.98 Å². The molecule has 1 rings (SSSR count).